The number of nitrogens with one attached hydrogen (secondary N) is 1. The Morgan fingerprint density at radius 1 is 1.40 bits per heavy atom. The maximum Gasteiger partial charge on any atom is 1.00 e. The van der Waals surface area contributed by atoms with Gasteiger partial charge < -0.3 is 9.87 Å². The quantitative estimate of drug-likeness (QED) is 0.517. The second-order valence-corrected chi connectivity index (χ2v) is 4.34. The van der Waals surface area contributed by atoms with Gasteiger partial charge in [0.05, 0.1) is 4.90 Å². The Morgan fingerprint density at radius 3 is 2.47 bits per heavy atom. The first-order chi connectivity index (χ1) is 6.45. The molecule has 0 bridgehead atoms. The molecule has 78 valence electrons. The normalized spacial score (nSPS) is 10.6. The van der Waals surface area contributed by atoms with Crippen molar-refractivity contribution in [2.24, 2.45) is 0 Å². The smallest absolute Gasteiger partial charge is 0.744 e. The van der Waals surface area contributed by atoms with Gasteiger partial charge in [-0.1, -0.05) is 6.07 Å². The first kappa shape index (κ1) is 15.6. The minimum Gasteiger partial charge on any atom is -0.744 e. The zero-order valence-corrected chi connectivity index (χ0v) is 13.0. The molecule has 0 atom stereocenters. The van der Waals surface area contributed by atoms with Crippen molar-refractivity contribution in [1.82, 2.24) is 0 Å². The molecule has 1 aromatic rings. The van der Waals surface area contributed by atoms with Crippen LogP contribution in [-0.4, -0.2) is 19.5 Å². The van der Waals surface area contributed by atoms with Crippen LogP contribution < -0.4 is 56.7 Å². The zero-order chi connectivity index (χ0) is 10.8. The first-order valence-corrected chi connectivity index (χ1v) is 5.66. The Balaban J connectivity index is 0.00000196. The number of aryl methyl sites for hydroxylation is 1. The van der Waals surface area contributed by atoms with Crippen molar-refractivity contribution in [3.05, 3.63) is 23.8 Å². The van der Waals surface area contributed by atoms with Gasteiger partial charge >= 0.3 is 51.4 Å². The van der Waals surface area contributed by atoms with E-state index in [0.29, 0.717) is 12.2 Å². The van der Waals surface area contributed by atoms with Crippen LogP contribution in [0.1, 0.15) is 12.5 Å². The Labute approximate surface area is 133 Å². The third-order valence-corrected chi connectivity index (χ3v) is 2.70. The van der Waals surface area contributed by atoms with E-state index in [2.05, 4.69) is 5.32 Å². The molecule has 0 amide bonds. The molecule has 0 aliphatic rings. The maximum atomic E-state index is 10.7. The van der Waals surface area contributed by atoms with Crippen molar-refractivity contribution in [3.8, 4) is 0 Å². The standard InChI is InChI=1S/C9H13NO3S.K/c1-3-10-9-6-8(14(11,12)13)5-4-7(9)2;/h4-6,10H,3H2,1-2H3,(H,11,12,13);/q;+1/p-1. The van der Waals surface area contributed by atoms with E-state index in [9.17, 15) is 13.0 Å². The van der Waals surface area contributed by atoms with Crippen molar-refractivity contribution < 1.29 is 64.4 Å². The summed E-state index contributed by atoms with van der Waals surface area (Å²) in [6.07, 6.45) is 0. The van der Waals surface area contributed by atoms with E-state index >= 15 is 0 Å². The fraction of sp³-hybridized carbons (Fsp3) is 0.333. The fourth-order valence-electron chi connectivity index (χ4n) is 1.14. The maximum absolute atomic E-state index is 10.7. The second kappa shape index (κ2) is 6.34. The van der Waals surface area contributed by atoms with Crippen LogP contribution in [0.25, 0.3) is 0 Å². The van der Waals surface area contributed by atoms with E-state index < -0.39 is 10.1 Å². The van der Waals surface area contributed by atoms with Crippen LogP contribution in [0.15, 0.2) is 23.1 Å². The van der Waals surface area contributed by atoms with E-state index in [4.69, 9.17) is 0 Å². The van der Waals surface area contributed by atoms with Gasteiger partial charge in [-0.05, 0) is 31.5 Å². The van der Waals surface area contributed by atoms with Crippen LogP contribution in [0.2, 0.25) is 0 Å². The van der Waals surface area contributed by atoms with Crippen molar-refractivity contribution in [2.75, 3.05) is 11.9 Å². The van der Waals surface area contributed by atoms with Crippen LogP contribution in [-0.2, 0) is 10.1 Å². The Bertz CT molecular complexity index is 431. The first-order valence-electron chi connectivity index (χ1n) is 4.25. The summed E-state index contributed by atoms with van der Waals surface area (Å²) >= 11 is 0. The molecule has 0 unspecified atom stereocenters. The number of hydrogen-bond donors (Lipinski definition) is 1. The zero-order valence-electron chi connectivity index (χ0n) is 9.07. The minimum atomic E-state index is -4.35. The molecular weight excluding hydrogens is 241 g/mol. The molecule has 0 saturated heterocycles. The third-order valence-electron chi connectivity index (χ3n) is 1.86. The van der Waals surface area contributed by atoms with Crippen molar-refractivity contribution in [3.63, 3.8) is 0 Å². The largest absolute Gasteiger partial charge is 1.00 e. The second-order valence-electron chi connectivity index (χ2n) is 2.96. The number of anilines is 1. The summed E-state index contributed by atoms with van der Waals surface area (Å²) in [5.41, 5.74) is 1.60. The number of benzene rings is 1. The summed E-state index contributed by atoms with van der Waals surface area (Å²) in [5.74, 6) is 0. The Hall–Kier alpha value is 0.566. The number of hydrogen-bond acceptors (Lipinski definition) is 4. The Kier molecular flexibility index (Phi) is 6.58. The van der Waals surface area contributed by atoms with Crippen LogP contribution in [0.4, 0.5) is 5.69 Å². The molecular formula is C9H12KNO3S. The van der Waals surface area contributed by atoms with Gasteiger partial charge in [-0.3, -0.25) is 0 Å². The van der Waals surface area contributed by atoms with Gasteiger partial charge in [0, 0.05) is 12.2 Å². The summed E-state index contributed by atoms with van der Waals surface area (Å²) in [5, 5.41) is 2.98. The Morgan fingerprint density at radius 2 is 2.00 bits per heavy atom. The fourth-order valence-corrected chi connectivity index (χ4v) is 1.63. The molecule has 0 saturated carbocycles. The molecule has 15 heavy (non-hydrogen) atoms. The molecule has 6 heteroatoms. The van der Waals surface area contributed by atoms with E-state index in [0.717, 1.165) is 5.56 Å². The van der Waals surface area contributed by atoms with Crippen molar-refractivity contribution in [2.45, 2.75) is 18.7 Å². The molecule has 1 aromatic carbocycles. The SMILES string of the molecule is CCNc1cc(S(=O)(=O)[O-])ccc1C.[K+]. The van der Waals surface area contributed by atoms with Gasteiger partial charge in [-0.25, -0.2) is 8.42 Å². The molecule has 0 heterocycles. The third kappa shape index (κ3) is 4.52. The summed E-state index contributed by atoms with van der Waals surface area (Å²) in [7, 11) is -4.35. The predicted octanol–water partition coefficient (Wildman–Crippen LogP) is -1.67. The van der Waals surface area contributed by atoms with Crippen LogP contribution in [0.5, 0.6) is 0 Å². The van der Waals surface area contributed by atoms with Gasteiger partial charge in [0.2, 0.25) is 0 Å². The van der Waals surface area contributed by atoms with Crippen LogP contribution in [0, 0.1) is 6.92 Å². The minimum absolute atomic E-state index is 0. The van der Waals surface area contributed by atoms with Gasteiger partial charge in [0.1, 0.15) is 10.1 Å². The van der Waals surface area contributed by atoms with E-state index in [1.165, 1.54) is 12.1 Å². The van der Waals surface area contributed by atoms with Gasteiger partial charge in [0.25, 0.3) is 0 Å². The number of rotatable bonds is 3. The summed E-state index contributed by atoms with van der Waals surface area (Å²) in [4.78, 5) is -0.195. The van der Waals surface area contributed by atoms with Crippen LogP contribution in [0.3, 0.4) is 0 Å². The summed E-state index contributed by atoms with van der Waals surface area (Å²) in [6, 6.07) is 4.29. The molecule has 1 N–H and O–H groups in total. The monoisotopic (exact) mass is 253 g/mol. The summed E-state index contributed by atoms with van der Waals surface area (Å²) < 4.78 is 32.2. The van der Waals surface area contributed by atoms with Crippen molar-refractivity contribution >= 4 is 15.8 Å². The van der Waals surface area contributed by atoms with Crippen molar-refractivity contribution in [1.29, 1.82) is 0 Å². The topological polar surface area (TPSA) is 69.2 Å². The van der Waals surface area contributed by atoms with Gasteiger partial charge in [-0.2, -0.15) is 0 Å². The molecule has 4 nitrogen and oxygen atoms in total. The molecule has 0 fully saturated rings. The molecule has 0 aromatic heterocycles. The average molecular weight is 253 g/mol. The van der Waals surface area contributed by atoms with Crippen LogP contribution >= 0.6 is 0 Å². The van der Waals surface area contributed by atoms with Gasteiger partial charge in [-0.15, -0.1) is 0 Å². The summed E-state index contributed by atoms with van der Waals surface area (Å²) in [6.45, 7) is 4.43. The molecule has 0 spiro atoms. The molecule has 0 aliphatic heterocycles. The average Bonchev–Trinajstić information content (AvgIpc) is 2.07. The molecule has 0 radical (unpaired) electrons. The molecule has 0 aliphatic carbocycles. The molecule has 1 rings (SSSR count). The predicted molar refractivity (Wildman–Crippen MR) is 53.3 cm³/mol. The van der Waals surface area contributed by atoms with E-state index in [-0.39, 0.29) is 56.3 Å². The van der Waals surface area contributed by atoms with E-state index in [1.54, 1.807) is 6.07 Å². The van der Waals surface area contributed by atoms with E-state index in [1.807, 2.05) is 13.8 Å². The van der Waals surface area contributed by atoms with Gasteiger partial charge in [0.15, 0.2) is 0 Å².